The number of phenolic OH excluding ortho intramolecular Hbond substituents is 1. The maximum absolute atomic E-state index is 13.2. The Morgan fingerprint density at radius 3 is 2.00 bits per heavy atom. The van der Waals surface area contributed by atoms with E-state index >= 15 is 0 Å². The first-order chi connectivity index (χ1) is 16.8. The van der Waals surface area contributed by atoms with Crippen molar-refractivity contribution in [3.63, 3.8) is 0 Å². The molecule has 1 aliphatic heterocycles. The third kappa shape index (κ3) is 4.32. The smallest absolute Gasteiger partial charge is 0.508 e. The topological polar surface area (TPSA) is 113 Å². The predicted octanol–water partition coefficient (Wildman–Crippen LogP) is 6.19. The van der Waals surface area contributed by atoms with Gasteiger partial charge < -0.3 is 14.4 Å². The monoisotopic (exact) mass is 510 g/mol. The van der Waals surface area contributed by atoms with E-state index in [4.69, 9.17) is 9.26 Å². The Labute approximate surface area is 211 Å². The zero-order valence-corrected chi connectivity index (χ0v) is 22.1. The Morgan fingerprint density at radius 2 is 1.42 bits per heavy atom. The summed E-state index contributed by atoms with van der Waals surface area (Å²) >= 11 is 0. The summed E-state index contributed by atoms with van der Waals surface area (Å²) in [6.07, 6.45) is 0. The van der Waals surface area contributed by atoms with Gasteiger partial charge in [-0.2, -0.15) is 0 Å². The zero-order chi connectivity index (χ0) is 26.6. The van der Waals surface area contributed by atoms with Crippen LogP contribution >= 0.6 is 7.82 Å². The van der Waals surface area contributed by atoms with Crippen LogP contribution in [0.1, 0.15) is 88.8 Å². The van der Waals surface area contributed by atoms with Crippen LogP contribution in [0.5, 0.6) is 11.5 Å². The summed E-state index contributed by atoms with van der Waals surface area (Å²) in [4.78, 5) is 32.2. The van der Waals surface area contributed by atoms with Gasteiger partial charge in [-0.15, -0.1) is 0 Å². The highest BCUT2D eigenvalue weighted by Crippen LogP contribution is 2.52. The summed E-state index contributed by atoms with van der Waals surface area (Å²) in [6, 6.07) is 14.2. The number of phosphoric ester groups is 1. The van der Waals surface area contributed by atoms with Gasteiger partial charge in [0.1, 0.15) is 11.5 Å². The number of cyclic esters (lactones) is 1. The van der Waals surface area contributed by atoms with Crippen LogP contribution in [-0.2, 0) is 14.9 Å². The Kier molecular flexibility index (Phi) is 6.54. The van der Waals surface area contributed by atoms with Gasteiger partial charge in [-0.25, -0.2) is 9.36 Å². The van der Waals surface area contributed by atoms with Crippen LogP contribution in [0.4, 0.5) is 0 Å². The number of hydrogen-bond acceptors (Lipinski definition) is 5. The fourth-order valence-electron chi connectivity index (χ4n) is 5.05. The predicted molar refractivity (Wildman–Crippen MR) is 137 cm³/mol. The number of benzene rings is 3. The van der Waals surface area contributed by atoms with E-state index in [0.717, 1.165) is 11.1 Å². The highest BCUT2D eigenvalue weighted by molar-refractivity contribution is 7.46. The largest absolute Gasteiger partial charge is 0.524 e. The van der Waals surface area contributed by atoms with Gasteiger partial charge in [0.05, 0.1) is 5.56 Å². The average Bonchev–Trinajstić information content (AvgIpc) is 3.05. The molecule has 7 nitrogen and oxygen atoms in total. The van der Waals surface area contributed by atoms with Crippen molar-refractivity contribution in [2.24, 2.45) is 0 Å². The number of aromatic hydroxyl groups is 1. The van der Waals surface area contributed by atoms with E-state index in [2.05, 4.69) is 0 Å². The number of phosphoric acid groups is 1. The van der Waals surface area contributed by atoms with Gasteiger partial charge in [-0.1, -0.05) is 45.9 Å². The summed E-state index contributed by atoms with van der Waals surface area (Å²) in [7, 11) is -4.80. The lowest BCUT2D eigenvalue weighted by molar-refractivity contribution is 0.0247. The first-order valence-electron chi connectivity index (χ1n) is 11.8. The molecule has 0 fully saturated rings. The molecule has 4 rings (SSSR count). The lowest BCUT2D eigenvalue weighted by Crippen LogP contribution is -2.32. The maximum Gasteiger partial charge on any atom is 0.524 e. The van der Waals surface area contributed by atoms with Crippen LogP contribution in [-0.4, -0.2) is 20.9 Å². The maximum atomic E-state index is 13.2. The van der Waals surface area contributed by atoms with Crippen LogP contribution < -0.4 is 4.52 Å². The van der Waals surface area contributed by atoms with Gasteiger partial charge >= 0.3 is 13.8 Å². The number of carbonyl (C=O) groups is 1. The van der Waals surface area contributed by atoms with E-state index in [1.54, 1.807) is 31.2 Å². The molecule has 0 amide bonds. The molecule has 1 atom stereocenters. The summed E-state index contributed by atoms with van der Waals surface area (Å²) in [6.45, 7) is 11.4. The van der Waals surface area contributed by atoms with Crippen LogP contribution in [0.2, 0.25) is 0 Å². The minimum Gasteiger partial charge on any atom is -0.508 e. The van der Waals surface area contributed by atoms with Crippen molar-refractivity contribution in [2.75, 3.05) is 0 Å². The van der Waals surface area contributed by atoms with Crippen molar-refractivity contribution in [1.82, 2.24) is 0 Å². The molecule has 1 aliphatic rings. The molecule has 8 heteroatoms. The lowest BCUT2D eigenvalue weighted by atomic mass is 9.74. The molecular weight excluding hydrogens is 479 g/mol. The quantitative estimate of drug-likeness (QED) is 0.268. The van der Waals surface area contributed by atoms with Crippen LogP contribution in [0.25, 0.3) is 0 Å². The number of carbonyl (C=O) groups excluding carboxylic acids is 1. The van der Waals surface area contributed by atoms with Gasteiger partial charge in [0, 0.05) is 16.7 Å². The first kappa shape index (κ1) is 26.0. The van der Waals surface area contributed by atoms with Gasteiger partial charge in [-0.05, 0) is 78.3 Å². The minimum atomic E-state index is -4.80. The molecule has 0 saturated carbocycles. The van der Waals surface area contributed by atoms with Crippen molar-refractivity contribution >= 4 is 13.8 Å². The molecule has 0 bridgehead atoms. The Morgan fingerprint density at radius 1 is 0.861 bits per heavy atom. The minimum absolute atomic E-state index is 0.0140. The molecule has 0 saturated heterocycles. The third-order valence-corrected chi connectivity index (χ3v) is 7.16. The second-order valence-corrected chi connectivity index (χ2v) is 11.1. The molecule has 36 heavy (non-hydrogen) atoms. The molecule has 3 aromatic carbocycles. The fraction of sp³-hybridized carbons (Fsp3) is 0.321. The molecule has 0 unspecified atom stereocenters. The number of hydrogen-bond donors (Lipinski definition) is 3. The van der Waals surface area contributed by atoms with Crippen LogP contribution in [0.3, 0.4) is 0 Å². The van der Waals surface area contributed by atoms with E-state index in [9.17, 15) is 24.3 Å². The SMILES string of the molecule is Cc1cc(O)c(C(C)C)cc1[C@]1(c2cc(C(C)C)c(OP(=O)(O)O)cc2C)OC(=O)c2ccccc21. The van der Waals surface area contributed by atoms with E-state index in [0.29, 0.717) is 33.4 Å². The molecule has 3 aromatic rings. The highest BCUT2D eigenvalue weighted by Gasteiger charge is 2.50. The van der Waals surface area contributed by atoms with E-state index in [1.807, 2.05) is 58.9 Å². The van der Waals surface area contributed by atoms with E-state index in [1.165, 1.54) is 0 Å². The summed E-state index contributed by atoms with van der Waals surface area (Å²) in [5.74, 6) is -0.352. The highest BCUT2D eigenvalue weighted by atomic mass is 31.2. The van der Waals surface area contributed by atoms with E-state index in [-0.39, 0.29) is 23.3 Å². The van der Waals surface area contributed by atoms with Crippen molar-refractivity contribution in [1.29, 1.82) is 0 Å². The number of aryl methyl sites for hydroxylation is 2. The second-order valence-electron chi connectivity index (χ2n) is 9.94. The molecule has 1 heterocycles. The lowest BCUT2D eigenvalue weighted by Gasteiger charge is -2.34. The molecule has 0 radical (unpaired) electrons. The number of rotatable bonds is 6. The zero-order valence-electron chi connectivity index (χ0n) is 21.2. The average molecular weight is 511 g/mol. The van der Waals surface area contributed by atoms with Crippen molar-refractivity contribution < 1.29 is 33.5 Å². The second kappa shape index (κ2) is 9.07. The molecule has 0 aliphatic carbocycles. The molecule has 0 aromatic heterocycles. The van der Waals surface area contributed by atoms with Gasteiger partial charge in [-0.3, -0.25) is 9.79 Å². The summed E-state index contributed by atoms with van der Waals surface area (Å²) in [5.41, 5.74) is 3.81. The van der Waals surface area contributed by atoms with Crippen molar-refractivity contribution in [3.8, 4) is 11.5 Å². The number of phenols is 1. The van der Waals surface area contributed by atoms with Gasteiger partial charge in [0.2, 0.25) is 0 Å². The Hall–Kier alpha value is -3.12. The number of esters is 1. The Balaban J connectivity index is 2.12. The van der Waals surface area contributed by atoms with Gasteiger partial charge in [0.15, 0.2) is 5.60 Å². The standard InChI is InChI=1S/C28H31O7P/c1-15(2)20-13-23(17(5)11-25(20)29)28(22-10-8-7-9-19(22)27(30)34-28)24-14-21(16(3)4)26(12-18(24)6)35-36(31,32)33/h7-16,29H,1-6H3,(H2,31,32,33)/t28-/m1/s1. The normalized spacial score (nSPS) is 17.4. The van der Waals surface area contributed by atoms with E-state index < -0.39 is 19.4 Å². The number of ether oxygens (including phenoxy) is 1. The van der Waals surface area contributed by atoms with Gasteiger partial charge in [0.25, 0.3) is 0 Å². The van der Waals surface area contributed by atoms with Crippen molar-refractivity contribution in [3.05, 3.63) is 93.0 Å². The fourth-order valence-corrected chi connectivity index (χ4v) is 5.46. The Bertz CT molecular complexity index is 1400. The molecule has 190 valence electrons. The third-order valence-electron chi connectivity index (χ3n) is 6.72. The molecule has 0 spiro atoms. The van der Waals surface area contributed by atoms with Crippen LogP contribution in [0.15, 0.2) is 48.5 Å². The molecule has 3 N–H and O–H groups in total. The van der Waals surface area contributed by atoms with Crippen LogP contribution in [0, 0.1) is 13.8 Å². The van der Waals surface area contributed by atoms with Crippen molar-refractivity contribution in [2.45, 2.75) is 59.0 Å². The summed E-state index contributed by atoms with van der Waals surface area (Å²) < 4.78 is 23.0. The first-order valence-corrected chi connectivity index (χ1v) is 13.4. The molecular formula is C28H31O7P. The number of fused-ring (bicyclic) bond motifs is 1. The summed E-state index contributed by atoms with van der Waals surface area (Å²) in [5, 5.41) is 10.6.